The maximum Gasteiger partial charge on any atom is 0.240 e. The second-order valence-corrected chi connectivity index (χ2v) is 8.80. The molecule has 0 spiro atoms. The third-order valence-electron chi connectivity index (χ3n) is 6.00. The van der Waals surface area contributed by atoms with Gasteiger partial charge in [-0.15, -0.1) is 0 Å². The van der Waals surface area contributed by atoms with E-state index < -0.39 is 0 Å². The normalized spacial score (nSPS) is 22.2. The van der Waals surface area contributed by atoms with E-state index in [0.717, 1.165) is 51.0 Å². The first-order chi connectivity index (χ1) is 13.4. The number of hydrogen-bond donors (Lipinski definition) is 1. The molecule has 2 saturated heterocycles. The molecule has 3 rings (SSSR count). The molecule has 0 saturated carbocycles. The number of likely N-dealkylation sites (tertiary alicyclic amines) is 2. The van der Waals surface area contributed by atoms with Gasteiger partial charge in [0.05, 0.1) is 6.04 Å². The molecule has 2 aliphatic heterocycles. The number of amides is 2. The van der Waals surface area contributed by atoms with Gasteiger partial charge in [0.25, 0.3) is 0 Å². The summed E-state index contributed by atoms with van der Waals surface area (Å²) in [6, 6.07) is 7.79. The van der Waals surface area contributed by atoms with Crippen molar-refractivity contribution in [2.24, 2.45) is 5.92 Å². The second kappa shape index (κ2) is 9.75. The Bertz CT molecular complexity index is 671. The van der Waals surface area contributed by atoms with E-state index in [2.05, 4.69) is 12.2 Å². The van der Waals surface area contributed by atoms with Crippen LogP contribution in [0.4, 0.5) is 0 Å². The van der Waals surface area contributed by atoms with Crippen LogP contribution >= 0.6 is 11.6 Å². The van der Waals surface area contributed by atoms with Gasteiger partial charge in [-0.3, -0.25) is 9.59 Å². The molecule has 2 heterocycles. The van der Waals surface area contributed by atoms with E-state index in [4.69, 9.17) is 11.6 Å². The van der Waals surface area contributed by atoms with Crippen molar-refractivity contribution in [1.82, 2.24) is 15.1 Å². The summed E-state index contributed by atoms with van der Waals surface area (Å²) in [6.45, 7) is 7.06. The summed E-state index contributed by atoms with van der Waals surface area (Å²) in [5.74, 6) is 0.901. The molecule has 0 radical (unpaired) electrons. The van der Waals surface area contributed by atoms with E-state index in [1.165, 1.54) is 6.42 Å². The fraction of sp³-hybridized carbons (Fsp3) is 0.636. The number of piperidine rings is 2. The molecule has 28 heavy (non-hydrogen) atoms. The van der Waals surface area contributed by atoms with E-state index >= 15 is 0 Å². The van der Waals surface area contributed by atoms with Gasteiger partial charge >= 0.3 is 0 Å². The Balaban J connectivity index is 1.67. The van der Waals surface area contributed by atoms with Crippen molar-refractivity contribution in [3.63, 3.8) is 0 Å². The van der Waals surface area contributed by atoms with Crippen LogP contribution in [0.3, 0.4) is 0 Å². The first-order valence-electron chi connectivity index (χ1n) is 10.5. The van der Waals surface area contributed by atoms with Gasteiger partial charge < -0.3 is 15.1 Å². The van der Waals surface area contributed by atoms with Gasteiger partial charge in [-0.25, -0.2) is 0 Å². The Morgan fingerprint density at radius 3 is 2.39 bits per heavy atom. The molecule has 2 atom stereocenters. The fourth-order valence-electron chi connectivity index (χ4n) is 4.33. The molecule has 2 fully saturated rings. The maximum absolute atomic E-state index is 13.3. The number of hydrogen-bond acceptors (Lipinski definition) is 3. The fourth-order valence-corrected chi connectivity index (χ4v) is 4.46. The molecule has 2 aliphatic rings. The van der Waals surface area contributed by atoms with Crippen LogP contribution in [0.2, 0.25) is 5.02 Å². The third-order valence-corrected chi connectivity index (χ3v) is 6.25. The standard InChI is InChI=1S/C22H32ClN3O2/c1-16-4-3-11-26(15-16)22(28)21(14-18-5-7-19(23)8-6-18)24-20-9-12-25(13-10-20)17(2)27/h5-8,16,20-21,24H,3-4,9-15H2,1-2H3/t16?,21-/m1/s1. The summed E-state index contributed by atoms with van der Waals surface area (Å²) in [7, 11) is 0. The predicted octanol–water partition coefficient (Wildman–Crippen LogP) is 3.11. The van der Waals surface area contributed by atoms with E-state index in [0.29, 0.717) is 17.4 Å². The summed E-state index contributed by atoms with van der Waals surface area (Å²) >= 11 is 6.02. The summed E-state index contributed by atoms with van der Waals surface area (Å²) in [4.78, 5) is 28.8. The molecule has 0 bridgehead atoms. The number of benzene rings is 1. The zero-order valence-corrected chi connectivity index (χ0v) is 17.8. The second-order valence-electron chi connectivity index (χ2n) is 8.36. The first-order valence-corrected chi connectivity index (χ1v) is 10.8. The topological polar surface area (TPSA) is 52.7 Å². The summed E-state index contributed by atoms with van der Waals surface area (Å²) in [5, 5.41) is 4.34. The van der Waals surface area contributed by atoms with Crippen LogP contribution in [-0.2, 0) is 16.0 Å². The number of rotatable bonds is 5. The Labute approximate surface area is 173 Å². The quantitative estimate of drug-likeness (QED) is 0.818. The van der Waals surface area contributed by atoms with Crippen LogP contribution in [-0.4, -0.2) is 59.9 Å². The molecule has 1 N–H and O–H groups in total. The Morgan fingerprint density at radius 1 is 1.11 bits per heavy atom. The van der Waals surface area contributed by atoms with Crippen molar-refractivity contribution < 1.29 is 9.59 Å². The molecular weight excluding hydrogens is 374 g/mol. The number of nitrogens with zero attached hydrogens (tertiary/aromatic N) is 2. The van der Waals surface area contributed by atoms with Gasteiger partial charge in [-0.1, -0.05) is 30.7 Å². The monoisotopic (exact) mass is 405 g/mol. The van der Waals surface area contributed by atoms with Crippen LogP contribution in [0.15, 0.2) is 24.3 Å². The molecule has 5 nitrogen and oxygen atoms in total. The third kappa shape index (κ3) is 5.71. The number of halogens is 1. The van der Waals surface area contributed by atoms with Gasteiger partial charge in [0, 0.05) is 44.2 Å². The van der Waals surface area contributed by atoms with Gasteiger partial charge in [-0.2, -0.15) is 0 Å². The molecule has 0 aromatic heterocycles. The lowest BCUT2D eigenvalue weighted by Gasteiger charge is -2.37. The van der Waals surface area contributed by atoms with Crippen LogP contribution in [0.5, 0.6) is 0 Å². The zero-order valence-electron chi connectivity index (χ0n) is 17.0. The van der Waals surface area contributed by atoms with Gasteiger partial charge in [0.2, 0.25) is 11.8 Å². The predicted molar refractivity (Wildman–Crippen MR) is 112 cm³/mol. The van der Waals surface area contributed by atoms with E-state index in [1.54, 1.807) is 6.92 Å². The highest BCUT2D eigenvalue weighted by molar-refractivity contribution is 6.30. The molecule has 6 heteroatoms. The lowest BCUT2D eigenvalue weighted by Crippen LogP contribution is -2.55. The Hall–Kier alpha value is -1.59. The highest BCUT2D eigenvalue weighted by atomic mass is 35.5. The molecule has 154 valence electrons. The average molecular weight is 406 g/mol. The van der Waals surface area contributed by atoms with Crippen molar-refractivity contribution in [3.8, 4) is 0 Å². The van der Waals surface area contributed by atoms with Crippen molar-refractivity contribution in [1.29, 1.82) is 0 Å². The van der Waals surface area contributed by atoms with Crippen molar-refractivity contribution in [2.75, 3.05) is 26.2 Å². The van der Waals surface area contributed by atoms with Crippen molar-refractivity contribution >= 4 is 23.4 Å². The summed E-state index contributed by atoms with van der Waals surface area (Å²) < 4.78 is 0. The number of carbonyl (C=O) groups is 2. The van der Waals surface area contributed by atoms with Gasteiger partial charge in [-0.05, 0) is 55.7 Å². The Morgan fingerprint density at radius 2 is 1.79 bits per heavy atom. The van der Waals surface area contributed by atoms with E-state index in [9.17, 15) is 9.59 Å². The minimum atomic E-state index is -0.236. The lowest BCUT2D eigenvalue weighted by molar-refractivity contribution is -0.136. The van der Waals surface area contributed by atoms with Crippen molar-refractivity contribution in [3.05, 3.63) is 34.9 Å². The minimum absolute atomic E-state index is 0.134. The smallest absolute Gasteiger partial charge is 0.240 e. The molecule has 1 aromatic carbocycles. The van der Waals surface area contributed by atoms with Crippen LogP contribution < -0.4 is 5.32 Å². The SMILES string of the molecule is CC(=O)N1CCC(N[C@H](Cc2ccc(Cl)cc2)C(=O)N2CCCC(C)C2)CC1. The van der Waals surface area contributed by atoms with Gasteiger partial charge in [0.1, 0.15) is 0 Å². The van der Waals surface area contributed by atoms with E-state index in [1.807, 2.05) is 34.1 Å². The first kappa shape index (κ1) is 21.1. The molecule has 1 unspecified atom stereocenters. The summed E-state index contributed by atoms with van der Waals surface area (Å²) in [5.41, 5.74) is 1.11. The van der Waals surface area contributed by atoms with Crippen molar-refractivity contribution in [2.45, 2.75) is 58.0 Å². The van der Waals surface area contributed by atoms with E-state index in [-0.39, 0.29) is 23.9 Å². The average Bonchev–Trinajstić information content (AvgIpc) is 2.69. The molecular formula is C22H32ClN3O2. The highest BCUT2D eigenvalue weighted by Crippen LogP contribution is 2.19. The molecule has 2 amide bonds. The number of carbonyl (C=O) groups excluding carboxylic acids is 2. The van der Waals surface area contributed by atoms with Gasteiger partial charge in [0.15, 0.2) is 0 Å². The molecule has 0 aliphatic carbocycles. The minimum Gasteiger partial charge on any atom is -0.343 e. The Kier molecular flexibility index (Phi) is 7.36. The largest absolute Gasteiger partial charge is 0.343 e. The highest BCUT2D eigenvalue weighted by Gasteiger charge is 2.30. The van der Waals surface area contributed by atoms with Crippen LogP contribution in [0.25, 0.3) is 0 Å². The maximum atomic E-state index is 13.3. The van der Waals surface area contributed by atoms with Crippen LogP contribution in [0, 0.1) is 5.92 Å². The lowest BCUT2D eigenvalue weighted by atomic mass is 9.96. The summed E-state index contributed by atoms with van der Waals surface area (Å²) in [6.07, 6.45) is 4.72. The number of nitrogens with one attached hydrogen (secondary N) is 1. The zero-order chi connectivity index (χ0) is 20.1. The van der Waals surface area contributed by atoms with Crippen LogP contribution in [0.1, 0.15) is 45.1 Å². The molecule has 1 aromatic rings.